The van der Waals surface area contributed by atoms with E-state index in [2.05, 4.69) is 35.3 Å². The third-order valence-corrected chi connectivity index (χ3v) is 3.15. The Labute approximate surface area is 112 Å². The molecule has 0 aliphatic carbocycles. The third kappa shape index (κ3) is 2.33. The zero-order chi connectivity index (χ0) is 13.1. The summed E-state index contributed by atoms with van der Waals surface area (Å²) >= 11 is 0. The highest BCUT2D eigenvalue weighted by Gasteiger charge is 2.00. The Bertz CT molecular complexity index is 731. The molecule has 0 fully saturated rings. The van der Waals surface area contributed by atoms with Crippen LogP contribution in [0.25, 0.3) is 22.9 Å². The van der Waals surface area contributed by atoms with Crippen molar-refractivity contribution in [2.24, 2.45) is 0 Å². The van der Waals surface area contributed by atoms with Gasteiger partial charge in [0.05, 0.1) is 0 Å². The van der Waals surface area contributed by atoms with Crippen molar-refractivity contribution in [3.63, 3.8) is 0 Å². The first kappa shape index (κ1) is 11.5. The lowest BCUT2D eigenvalue weighted by Gasteiger charge is -2.05. The van der Waals surface area contributed by atoms with Gasteiger partial charge in [-0.25, -0.2) is 0 Å². The molecule has 92 valence electrons. The van der Waals surface area contributed by atoms with Gasteiger partial charge in [0, 0.05) is 23.5 Å². The van der Waals surface area contributed by atoms with E-state index in [4.69, 9.17) is 5.73 Å². The molecule has 3 aromatic rings. The Morgan fingerprint density at radius 1 is 0.789 bits per heavy atom. The molecular weight excluding hydrogens is 232 g/mol. The zero-order valence-electron chi connectivity index (χ0n) is 10.5. The highest BCUT2D eigenvalue weighted by atomic mass is 14.6. The number of nitrogen functional groups attached to an aromatic ring is 1. The molecular formula is C17H14N2. The van der Waals surface area contributed by atoms with Crippen LogP contribution >= 0.6 is 0 Å². The Kier molecular flexibility index (Phi) is 2.99. The summed E-state index contributed by atoms with van der Waals surface area (Å²) in [6, 6.07) is 16.2. The van der Waals surface area contributed by atoms with Crippen LogP contribution in [0.2, 0.25) is 0 Å². The molecule has 0 amide bonds. The maximum atomic E-state index is 6.00. The minimum atomic E-state index is 0.816. The second kappa shape index (κ2) is 4.94. The third-order valence-electron chi connectivity index (χ3n) is 3.15. The number of aromatic nitrogens is 1. The van der Waals surface area contributed by atoms with Gasteiger partial charge in [-0.2, -0.15) is 0 Å². The van der Waals surface area contributed by atoms with Crippen molar-refractivity contribution in [1.82, 2.24) is 4.98 Å². The van der Waals surface area contributed by atoms with Gasteiger partial charge in [-0.15, -0.1) is 0 Å². The average Bonchev–Trinajstić information content (AvgIpc) is 2.48. The molecule has 2 aromatic carbocycles. The fourth-order valence-corrected chi connectivity index (χ4v) is 2.15. The largest absolute Gasteiger partial charge is 0.398 e. The molecule has 19 heavy (non-hydrogen) atoms. The van der Waals surface area contributed by atoms with E-state index in [0.29, 0.717) is 0 Å². The van der Waals surface area contributed by atoms with Gasteiger partial charge in [-0.1, -0.05) is 42.5 Å². The summed E-state index contributed by atoms with van der Waals surface area (Å²) in [6.07, 6.45) is 7.78. The standard InChI is InChI=1S/C17H14N2/c18-17-8-7-14(15-3-1-2-4-16(15)17)6-5-13-9-11-19-12-10-13/h1-12H,18H2/b6-5+. The van der Waals surface area contributed by atoms with Gasteiger partial charge >= 0.3 is 0 Å². The molecule has 0 saturated carbocycles. The van der Waals surface area contributed by atoms with E-state index >= 15 is 0 Å². The molecule has 0 saturated heterocycles. The van der Waals surface area contributed by atoms with Crippen LogP contribution in [0.15, 0.2) is 60.9 Å². The summed E-state index contributed by atoms with van der Waals surface area (Å²) in [6.45, 7) is 0. The second-order valence-electron chi connectivity index (χ2n) is 4.40. The van der Waals surface area contributed by atoms with Crippen LogP contribution < -0.4 is 5.73 Å². The summed E-state index contributed by atoms with van der Waals surface area (Å²) in [5.74, 6) is 0. The van der Waals surface area contributed by atoms with Crippen LogP contribution in [0, 0.1) is 0 Å². The van der Waals surface area contributed by atoms with Crippen LogP contribution in [0.1, 0.15) is 11.1 Å². The molecule has 0 aliphatic rings. The molecule has 0 unspecified atom stereocenters. The monoisotopic (exact) mass is 246 g/mol. The van der Waals surface area contributed by atoms with Crippen molar-refractivity contribution in [2.45, 2.75) is 0 Å². The summed E-state index contributed by atoms with van der Waals surface area (Å²) < 4.78 is 0. The molecule has 2 heteroatoms. The van der Waals surface area contributed by atoms with Gasteiger partial charge in [0.15, 0.2) is 0 Å². The van der Waals surface area contributed by atoms with Crippen molar-refractivity contribution in [3.05, 3.63) is 72.1 Å². The SMILES string of the molecule is Nc1ccc(/C=C/c2ccncc2)c2ccccc12. The summed E-state index contributed by atoms with van der Waals surface area (Å²) in [4.78, 5) is 4.01. The highest BCUT2D eigenvalue weighted by Crippen LogP contribution is 2.25. The molecule has 1 aromatic heterocycles. The number of anilines is 1. The smallest absolute Gasteiger partial charge is 0.0394 e. The highest BCUT2D eigenvalue weighted by molar-refractivity contribution is 5.99. The van der Waals surface area contributed by atoms with Gasteiger partial charge < -0.3 is 5.73 Å². The first-order valence-corrected chi connectivity index (χ1v) is 6.20. The summed E-state index contributed by atoms with van der Waals surface area (Å²) in [5, 5.41) is 2.27. The van der Waals surface area contributed by atoms with Gasteiger partial charge in [-0.3, -0.25) is 4.98 Å². The van der Waals surface area contributed by atoms with E-state index in [1.54, 1.807) is 12.4 Å². The molecule has 0 radical (unpaired) electrons. The van der Waals surface area contributed by atoms with Crippen molar-refractivity contribution in [3.8, 4) is 0 Å². The first-order chi connectivity index (χ1) is 9.34. The number of pyridine rings is 1. The molecule has 1 heterocycles. The van der Waals surface area contributed by atoms with Crippen molar-refractivity contribution < 1.29 is 0 Å². The van der Waals surface area contributed by atoms with E-state index in [0.717, 1.165) is 16.6 Å². The Morgan fingerprint density at radius 3 is 2.32 bits per heavy atom. The van der Waals surface area contributed by atoms with E-state index in [1.165, 1.54) is 10.9 Å². The molecule has 0 aliphatic heterocycles. The quantitative estimate of drug-likeness (QED) is 0.694. The number of benzene rings is 2. The molecule has 2 N–H and O–H groups in total. The van der Waals surface area contributed by atoms with Crippen molar-refractivity contribution in [2.75, 3.05) is 5.73 Å². The van der Waals surface area contributed by atoms with E-state index in [9.17, 15) is 0 Å². The van der Waals surface area contributed by atoms with Crippen LogP contribution in [-0.2, 0) is 0 Å². The molecule has 0 spiro atoms. The summed E-state index contributed by atoms with van der Waals surface area (Å²) in [7, 11) is 0. The second-order valence-corrected chi connectivity index (χ2v) is 4.40. The number of hydrogen-bond acceptors (Lipinski definition) is 2. The van der Waals surface area contributed by atoms with Gasteiger partial charge in [-0.05, 0) is 34.7 Å². The minimum Gasteiger partial charge on any atom is -0.398 e. The predicted molar refractivity (Wildman–Crippen MR) is 81.5 cm³/mol. The first-order valence-electron chi connectivity index (χ1n) is 6.20. The lowest BCUT2D eigenvalue weighted by molar-refractivity contribution is 1.32. The maximum Gasteiger partial charge on any atom is 0.0394 e. The number of fused-ring (bicyclic) bond motifs is 1. The van der Waals surface area contributed by atoms with Gasteiger partial charge in [0.1, 0.15) is 0 Å². The fourth-order valence-electron chi connectivity index (χ4n) is 2.15. The molecule has 0 bridgehead atoms. The van der Waals surface area contributed by atoms with Crippen molar-refractivity contribution >= 4 is 28.6 Å². The lowest BCUT2D eigenvalue weighted by Crippen LogP contribution is -1.88. The van der Waals surface area contributed by atoms with Gasteiger partial charge in [0.25, 0.3) is 0 Å². The van der Waals surface area contributed by atoms with E-state index < -0.39 is 0 Å². The molecule has 3 rings (SSSR count). The van der Waals surface area contributed by atoms with E-state index in [1.807, 2.05) is 30.3 Å². The number of nitrogens with zero attached hydrogens (tertiary/aromatic N) is 1. The average molecular weight is 246 g/mol. The number of hydrogen-bond donors (Lipinski definition) is 1. The van der Waals surface area contributed by atoms with Crippen LogP contribution in [0.4, 0.5) is 5.69 Å². The van der Waals surface area contributed by atoms with Crippen LogP contribution in [0.5, 0.6) is 0 Å². The fraction of sp³-hybridized carbons (Fsp3) is 0. The maximum absolute atomic E-state index is 6.00. The zero-order valence-corrected chi connectivity index (χ0v) is 10.5. The minimum absolute atomic E-state index is 0.816. The Hall–Kier alpha value is -2.61. The van der Waals surface area contributed by atoms with Crippen molar-refractivity contribution in [1.29, 1.82) is 0 Å². The topological polar surface area (TPSA) is 38.9 Å². The lowest BCUT2D eigenvalue weighted by atomic mass is 10.0. The molecule has 0 atom stereocenters. The van der Waals surface area contributed by atoms with Crippen LogP contribution in [-0.4, -0.2) is 4.98 Å². The van der Waals surface area contributed by atoms with Gasteiger partial charge in [0.2, 0.25) is 0 Å². The Morgan fingerprint density at radius 2 is 1.53 bits per heavy atom. The normalized spacial score (nSPS) is 11.2. The number of nitrogens with two attached hydrogens (primary N) is 1. The Balaban J connectivity index is 2.07. The number of rotatable bonds is 2. The summed E-state index contributed by atoms with van der Waals surface area (Å²) in [5.41, 5.74) is 9.12. The molecule has 2 nitrogen and oxygen atoms in total. The predicted octanol–water partition coefficient (Wildman–Crippen LogP) is 3.99. The van der Waals surface area contributed by atoms with E-state index in [-0.39, 0.29) is 0 Å². The van der Waals surface area contributed by atoms with Crippen LogP contribution in [0.3, 0.4) is 0 Å².